The first-order chi connectivity index (χ1) is 10.9. The van der Waals surface area contributed by atoms with Crippen molar-refractivity contribution in [1.29, 1.82) is 0 Å². The van der Waals surface area contributed by atoms with Gasteiger partial charge in [0.05, 0.1) is 19.0 Å². The summed E-state index contributed by atoms with van der Waals surface area (Å²) in [4.78, 5) is 17.2. The molecule has 0 aliphatic rings. The van der Waals surface area contributed by atoms with E-state index >= 15 is 0 Å². The number of carbonyl (C=O) groups excluding carboxylic acids is 1. The van der Waals surface area contributed by atoms with Gasteiger partial charge in [-0.05, 0) is 28.5 Å². The molecule has 1 unspecified atom stereocenters. The lowest BCUT2D eigenvalue weighted by atomic mass is 9.86. The fourth-order valence-corrected chi connectivity index (χ4v) is 2.88. The molecular formula is C17H23N3O2S. The van der Waals surface area contributed by atoms with E-state index in [-0.39, 0.29) is 24.0 Å². The zero-order valence-corrected chi connectivity index (χ0v) is 14.5. The Morgan fingerprint density at radius 1 is 1.52 bits per heavy atom. The molecule has 2 rings (SSSR count). The third-order valence-electron chi connectivity index (χ3n) is 3.57. The van der Waals surface area contributed by atoms with Crippen molar-refractivity contribution in [2.24, 2.45) is 5.41 Å². The Bertz CT molecular complexity index is 654. The molecule has 124 valence electrons. The SMILES string of the molecule is CC(C)(C)C(Cn1ccnc1)NC(=O)/C=C/c1cc(CO)cs1. The highest BCUT2D eigenvalue weighted by Gasteiger charge is 2.25. The number of aliphatic hydroxyl groups is 1. The number of amides is 1. The zero-order valence-electron chi connectivity index (χ0n) is 13.7. The summed E-state index contributed by atoms with van der Waals surface area (Å²) in [6, 6.07) is 1.87. The van der Waals surface area contributed by atoms with E-state index in [1.165, 1.54) is 11.3 Å². The zero-order chi connectivity index (χ0) is 16.9. The maximum atomic E-state index is 12.2. The second-order valence-electron chi connectivity index (χ2n) is 6.54. The first kappa shape index (κ1) is 17.4. The number of hydrogen-bond acceptors (Lipinski definition) is 4. The predicted molar refractivity (Wildman–Crippen MR) is 92.9 cm³/mol. The highest BCUT2D eigenvalue weighted by Crippen LogP contribution is 2.21. The fourth-order valence-electron chi connectivity index (χ4n) is 2.08. The van der Waals surface area contributed by atoms with Gasteiger partial charge in [0.15, 0.2) is 0 Å². The van der Waals surface area contributed by atoms with Gasteiger partial charge in [-0.25, -0.2) is 4.98 Å². The van der Waals surface area contributed by atoms with Crippen LogP contribution in [0.1, 0.15) is 31.2 Å². The topological polar surface area (TPSA) is 67.2 Å². The minimum atomic E-state index is -0.121. The standard InChI is InChI=1S/C17H23N3O2S/c1-17(2,3)15(9-20-7-6-18-12-20)19-16(22)5-4-14-8-13(10-21)11-23-14/h4-8,11-12,15,21H,9-10H2,1-3H3,(H,19,22)/b5-4+. The van der Waals surface area contributed by atoms with E-state index in [0.717, 1.165) is 10.4 Å². The molecule has 6 heteroatoms. The molecule has 0 saturated carbocycles. The third kappa shape index (κ3) is 5.33. The highest BCUT2D eigenvalue weighted by atomic mass is 32.1. The molecule has 2 aromatic heterocycles. The van der Waals surface area contributed by atoms with Gasteiger partial charge in [-0.15, -0.1) is 11.3 Å². The number of hydrogen-bond donors (Lipinski definition) is 2. The molecule has 1 atom stereocenters. The average molecular weight is 333 g/mol. The van der Waals surface area contributed by atoms with E-state index in [0.29, 0.717) is 6.54 Å². The van der Waals surface area contributed by atoms with Crippen molar-refractivity contribution in [3.63, 3.8) is 0 Å². The van der Waals surface area contributed by atoms with Gasteiger partial charge in [0.2, 0.25) is 5.91 Å². The number of aliphatic hydroxyl groups excluding tert-OH is 1. The number of thiophene rings is 1. The molecule has 0 aromatic carbocycles. The molecule has 0 bridgehead atoms. The molecule has 2 heterocycles. The average Bonchev–Trinajstić information content (AvgIpc) is 3.14. The summed E-state index contributed by atoms with van der Waals surface area (Å²) in [5, 5.41) is 14.0. The van der Waals surface area contributed by atoms with Gasteiger partial charge < -0.3 is 15.0 Å². The lowest BCUT2D eigenvalue weighted by molar-refractivity contribution is -0.118. The van der Waals surface area contributed by atoms with E-state index in [2.05, 4.69) is 31.1 Å². The van der Waals surface area contributed by atoms with Crippen molar-refractivity contribution in [2.75, 3.05) is 0 Å². The molecule has 5 nitrogen and oxygen atoms in total. The fraction of sp³-hybridized carbons (Fsp3) is 0.412. The maximum absolute atomic E-state index is 12.2. The van der Waals surface area contributed by atoms with Crippen LogP contribution in [0.2, 0.25) is 0 Å². The van der Waals surface area contributed by atoms with E-state index in [4.69, 9.17) is 5.11 Å². The van der Waals surface area contributed by atoms with Crippen LogP contribution < -0.4 is 5.32 Å². The lowest BCUT2D eigenvalue weighted by Crippen LogP contribution is -2.45. The van der Waals surface area contributed by atoms with Gasteiger partial charge in [-0.1, -0.05) is 20.8 Å². The van der Waals surface area contributed by atoms with Crippen molar-refractivity contribution in [1.82, 2.24) is 14.9 Å². The predicted octanol–water partition coefficient (Wildman–Crippen LogP) is 2.68. The molecule has 0 saturated heterocycles. The number of nitrogens with zero attached hydrogens (tertiary/aromatic N) is 2. The van der Waals surface area contributed by atoms with Gasteiger partial charge >= 0.3 is 0 Å². The molecule has 0 aliphatic heterocycles. The molecule has 2 aromatic rings. The Morgan fingerprint density at radius 3 is 2.87 bits per heavy atom. The van der Waals surface area contributed by atoms with Crippen molar-refractivity contribution in [3.8, 4) is 0 Å². The van der Waals surface area contributed by atoms with Gasteiger partial charge in [-0.2, -0.15) is 0 Å². The van der Waals surface area contributed by atoms with Crippen molar-refractivity contribution in [2.45, 2.75) is 40.0 Å². The van der Waals surface area contributed by atoms with Crippen LogP contribution in [0.3, 0.4) is 0 Å². The number of rotatable bonds is 6. The van der Waals surface area contributed by atoms with Crippen LogP contribution in [0.5, 0.6) is 0 Å². The molecular weight excluding hydrogens is 310 g/mol. The van der Waals surface area contributed by atoms with Crippen LogP contribution in [0, 0.1) is 5.41 Å². The molecule has 2 N–H and O–H groups in total. The summed E-state index contributed by atoms with van der Waals surface area (Å²) in [6.07, 6.45) is 8.69. The monoisotopic (exact) mass is 333 g/mol. The molecule has 0 fully saturated rings. The van der Waals surface area contributed by atoms with E-state index in [1.54, 1.807) is 24.7 Å². The molecule has 23 heavy (non-hydrogen) atoms. The number of nitrogens with one attached hydrogen (secondary N) is 1. The largest absolute Gasteiger partial charge is 0.392 e. The number of carbonyl (C=O) groups is 1. The summed E-state index contributed by atoms with van der Waals surface area (Å²) in [7, 11) is 0. The Labute approximate surface area is 140 Å². The number of aromatic nitrogens is 2. The quantitative estimate of drug-likeness (QED) is 0.799. The van der Waals surface area contributed by atoms with E-state index in [9.17, 15) is 4.79 Å². The van der Waals surface area contributed by atoms with Crippen LogP contribution >= 0.6 is 11.3 Å². The number of imidazole rings is 1. The lowest BCUT2D eigenvalue weighted by Gasteiger charge is -2.31. The highest BCUT2D eigenvalue weighted by molar-refractivity contribution is 7.11. The minimum Gasteiger partial charge on any atom is -0.392 e. The van der Waals surface area contributed by atoms with Crippen LogP contribution in [0.15, 0.2) is 36.2 Å². The third-order valence-corrected chi connectivity index (χ3v) is 4.52. The first-order valence-electron chi connectivity index (χ1n) is 7.51. The van der Waals surface area contributed by atoms with Crippen LogP contribution in [-0.2, 0) is 17.9 Å². The summed E-state index contributed by atoms with van der Waals surface area (Å²) < 4.78 is 1.96. The maximum Gasteiger partial charge on any atom is 0.244 e. The van der Waals surface area contributed by atoms with Crippen LogP contribution in [0.4, 0.5) is 0 Å². The molecule has 0 spiro atoms. The van der Waals surface area contributed by atoms with Gasteiger partial charge in [0.1, 0.15) is 0 Å². The van der Waals surface area contributed by atoms with Gasteiger partial charge in [0, 0.05) is 29.9 Å². The molecule has 0 aliphatic carbocycles. The molecule has 0 radical (unpaired) electrons. The summed E-state index contributed by atoms with van der Waals surface area (Å²) >= 11 is 1.51. The van der Waals surface area contributed by atoms with Crippen LogP contribution in [-0.4, -0.2) is 26.6 Å². The van der Waals surface area contributed by atoms with Crippen molar-refractivity contribution in [3.05, 3.63) is 46.7 Å². The minimum absolute atomic E-state index is 0.00908. The van der Waals surface area contributed by atoms with E-state index < -0.39 is 0 Å². The Hall–Kier alpha value is -1.92. The summed E-state index contributed by atoms with van der Waals surface area (Å²) in [5.74, 6) is -0.121. The summed E-state index contributed by atoms with van der Waals surface area (Å²) in [6.45, 7) is 7.01. The molecule has 1 amide bonds. The Balaban J connectivity index is 1.99. The first-order valence-corrected chi connectivity index (χ1v) is 8.39. The van der Waals surface area contributed by atoms with Crippen molar-refractivity contribution < 1.29 is 9.90 Å². The van der Waals surface area contributed by atoms with Gasteiger partial charge in [-0.3, -0.25) is 4.79 Å². The second kappa shape index (κ2) is 7.57. The Kier molecular flexibility index (Phi) is 5.74. The summed E-state index contributed by atoms with van der Waals surface area (Å²) in [5.41, 5.74) is 0.795. The van der Waals surface area contributed by atoms with Crippen LogP contribution in [0.25, 0.3) is 6.08 Å². The second-order valence-corrected chi connectivity index (χ2v) is 7.48. The van der Waals surface area contributed by atoms with Crippen molar-refractivity contribution >= 4 is 23.3 Å². The normalized spacial score (nSPS) is 13.4. The smallest absolute Gasteiger partial charge is 0.244 e. The van der Waals surface area contributed by atoms with E-state index in [1.807, 2.05) is 22.2 Å². The van der Waals surface area contributed by atoms with Gasteiger partial charge in [0.25, 0.3) is 0 Å². The Morgan fingerprint density at radius 2 is 2.30 bits per heavy atom.